The van der Waals surface area contributed by atoms with Crippen molar-refractivity contribution < 1.29 is 37.2 Å². The predicted molar refractivity (Wildman–Crippen MR) is 104 cm³/mol. The number of aliphatic hydroxyl groups is 2. The van der Waals surface area contributed by atoms with Gasteiger partial charge in [0.1, 0.15) is 35.9 Å². The smallest absolute Gasteiger partial charge is 0.228 e. The zero-order valence-corrected chi connectivity index (χ0v) is 16.2. The molecule has 4 rings (SSSR count). The van der Waals surface area contributed by atoms with Gasteiger partial charge in [-0.3, -0.25) is 5.10 Å². The molecule has 166 valence electrons. The highest BCUT2D eigenvalue weighted by atomic mass is 19.1. The summed E-state index contributed by atoms with van der Waals surface area (Å²) >= 11 is 0. The van der Waals surface area contributed by atoms with E-state index in [0.29, 0.717) is 6.07 Å². The first-order valence-electron chi connectivity index (χ1n) is 9.25. The van der Waals surface area contributed by atoms with E-state index in [1.165, 1.54) is 6.07 Å². The van der Waals surface area contributed by atoms with E-state index in [-0.39, 0.29) is 39.7 Å². The summed E-state index contributed by atoms with van der Waals surface area (Å²) in [7, 11) is 0. The molecule has 0 saturated heterocycles. The molecule has 0 fully saturated rings. The van der Waals surface area contributed by atoms with Gasteiger partial charge in [0, 0.05) is 17.7 Å². The molecule has 2 aromatic heterocycles. The summed E-state index contributed by atoms with van der Waals surface area (Å²) in [4.78, 5) is 4.10. The first kappa shape index (κ1) is 21.5. The van der Waals surface area contributed by atoms with Crippen molar-refractivity contribution in [3.05, 3.63) is 65.7 Å². The lowest BCUT2D eigenvalue weighted by Crippen LogP contribution is -2.21. The van der Waals surface area contributed by atoms with Crippen LogP contribution in [0.2, 0.25) is 0 Å². The molecule has 3 N–H and O–H groups in total. The van der Waals surface area contributed by atoms with E-state index in [1.54, 1.807) is 0 Å². The molecule has 0 spiro atoms. The Morgan fingerprint density at radius 2 is 1.72 bits per heavy atom. The van der Waals surface area contributed by atoms with Crippen LogP contribution < -0.4 is 9.47 Å². The Hall–Kier alpha value is -3.70. The SMILES string of the molecule is OC[C@H](O)COc1nc(Oc2ccc(F)cc2F)cc2[nH]nc(-c3cc(F)ccc3F)c12. The lowest BCUT2D eigenvalue weighted by atomic mass is 10.1. The van der Waals surface area contributed by atoms with Crippen LogP contribution in [0.5, 0.6) is 17.5 Å². The monoisotopic (exact) mass is 449 g/mol. The molecule has 0 radical (unpaired) electrons. The third-order valence-electron chi connectivity index (χ3n) is 4.40. The Bertz CT molecular complexity index is 1280. The van der Waals surface area contributed by atoms with E-state index >= 15 is 0 Å². The van der Waals surface area contributed by atoms with Crippen molar-refractivity contribution in [2.45, 2.75) is 6.10 Å². The average Bonchev–Trinajstić information content (AvgIpc) is 3.19. The second-order valence-corrected chi connectivity index (χ2v) is 6.71. The Balaban J connectivity index is 1.82. The van der Waals surface area contributed by atoms with Gasteiger partial charge in [0.2, 0.25) is 11.8 Å². The standard InChI is InChI=1S/C21H15F4N3O4/c22-10-1-3-14(24)13(5-10)20-19-16(27-28-20)7-18(26-21(19)31-9-12(30)8-29)32-17-4-2-11(23)6-15(17)25/h1-7,12,29-30H,8-9H2,(H,27,28)/t12-/m0/s1. The van der Waals surface area contributed by atoms with Gasteiger partial charge in [-0.2, -0.15) is 10.1 Å². The minimum atomic E-state index is -1.26. The maximum atomic E-state index is 14.4. The van der Waals surface area contributed by atoms with Crippen LogP contribution in [0.4, 0.5) is 17.6 Å². The molecule has 4 aromatic rings. The fourth-order valence-electron chi connectivity index (χ4n) is 2.92. The summed E-state index contributed by atoms with van der Waals surface area (Å²) in [6.07, 6.45) is -1.26. The van der Waals surface area contributed by atoms with E-state index in [4.69, 9.17) is 14.6 Å². The van der Waals surface area contributed by atoms with E-state index in [1.807, 2.05) is 0 Å². The molecule has 2 heterocycles. The number of rotatable bonds is 7. The number of pyridine rings is 1. The number of aliphatic hydroxyl groups excluding tert-OH is 2. The average molecular weight is 449 g/mol. The number of halogens is 4. The van der Waals surface area contributed by atoms with Gasteiger partial charge in [0.15, 0.2) is 11.6 Å². The number of nitrogens with one attached hydrogen (secondary N) is 1. The number of hydrogen-bond acceptors (Lipinski definition) is 6. The van der Waals surface area contributed by atoms with Gasteiger partial charge in [-0.05, 0) is 30.3 Å². The van der Waals surface area contributed by atoms with Crippen LogP contribution in [-0.2, 0) is 0 Å². The number of fused-ring (bicyclic) bond motifs is 1. The van der Waals surface area contributed by atoms with Gasteiger partial charge in [-0.15, -0.1) is 0 Å². The van der Waals surface area contributed by atoms with Crippen LogP contribution in [0, 0.1) is 23.3 Å². The molecule has 0 unspecified atom stereocenters. The maximum Gasteiger partial charge on any atom is 0.228 e. The van der Waals surface area contributed by atoms with E-state index in [0.717, 1.165) is 30.3 Å². The van der Waals surface area contributed by atoms with Crippen molar-refractivity contribution in [3.63, 3.8) is 0 Å². The third-order valence-corrected chi connectivity index (χ3v) is 4.40. The molecular formula is C21H15F4N3O4. The number of H-pyrrole nitrogens is 1. The Morgan fingerprint density at radius 3 is 2.47 bits per heavy atom. The number of hydrogen-bond donors (Lipinski definition) is 3. The van der Waals surface area contributed by atoms with Crippen molar-refractivity contribution >= 4 is 10.9 Å². The number of ether oxygens (including phenoxy) is 2. The first-order chi connectivity index (χ1) is 15.4. The van der Waals surface area contributed by atoms with Gasteiger partial charge < -0.3 is 19.7 Å². The molecule has 0 bridgehead atoms. The summed E-state index contributed by atoms with van der Waals surface area (Å²) in [6, 6.07) is 6.81. The Labute approximate surface area is 177 Å². The maximum absolute atomic E-state index is 14.4. The van der Waals surface area contributed by atoms with Crippen LogP contribution in [0.25, 0.3) is 22.2 Å². The summed E-state index contributed by atoms with van der Waals surface area (Å²) < 4.78 is 66.0. The summed E-state index contributed by atoms with van der Waals surface area (Å²) in [5, 5.41) is 25.4. The first-order valence-corrected chi connectivity index (χ1v) is 9.25. The molecule has 0 amide bonds. The van der Waals surface area contributed by atoms with Crippen LogP contribution in [0.15, 0.2) is 42.5 Å². The van der Waals surface area contributed by atoms with E-state index < -0.39 is 42.6 Å². The summed E-state index contributed by atoms with van der Waals surface area (Å²) in [5.41, 5.74) is 0.00558. The highest BCUT2D eigenvalue weighted by Gasteiger charge is 2.21. The van der Waals surface area contributed by atoms with Crippen molar-refractivity contribution in [1.29, 1.82) is 0 Å². The Morgan fingerprint density at radius 1 is 0.969 bits per heavy atom. The number of aromatic nitrogens is 3. The molecule has 2 aromatic carbocycles. The zero-order chi connectivity index (χ0) is 22.8. The minimum absolute atomic E-state index is 0.0301. The second kappa shape index (κ2) is 8.81. The van der Waals surface area contributed by atoms with Crippen LogP contribution in [-0.4, -0.2) is 44.7 Å². The fraction of sp³-hybridized carbons (Fsp3) is 0.143. The van der Waals surface area contributed by atoms with Crippen LogP contribution in [0.3, 0.4) is 0 Å². The minimum Gasteiger partial charge on any atom is -0.474 e. The summed E-state index contributed by atoms with van der Waals surface area (Å²) in [6.45, 7) is -1.000. The van der Waals surface area contributed by atoms with Crippen molar-refractivity contribution in [2.75, 3.05) is 13.2 Å². The zero-order valence-electron chi connectivity index (χ0n) is 16.2. The molecule has 0 aliphatic rings. The highest BCUT2D eigenvalue weighted by Crippen LogP contribution is 2.37. The Kier molecular flexibility index (Phi) is 5.93. The topological polar surface area (TPSA) is 100 Å². The van der Waals surface area contributed by atoms with E-state index in [9.17, 15) is 22.7 Å². The molecule has 32 heavy (non-hydrogen) atoms. The molecule has 11 heteroatoms. The van der Waals surface area contributed by atoms with E-state index in [2.05, 4.69) is 15.2 Å². The largest absolute Gasteiger partial charge is 0.474 e. The molecule has 0 aliphatic heterocycles. The molecular weight excluding hydrogens is 434 g/mol. The van der Waals surface area contributed by atoms with Gasteiger partial charge in [0.05, 0.1) is 17.5 Å². The fourth-order valence-corrected chi connectivity index (χ4v) is 2.92. The second-order valence-electron chi connectivity index (χ2n) is 6.71. The van der Waals surface area contributed by atoms with Crippen molar-refractivity contribution in [2.24, 2.45) is 0 Å². The predicted octanol–water partition coefficient (Wildman–Crippen LogP) is 3.71. The highest BCUT2D eigenvalue weighted by molar-refractivity contribution is 5.97. The number of benzene rings is 2. The normalized spacial score (nSPS) is 12.2. The molecule has 1 atom stereocenters. The van der Waals surface area contributed by atoms with Gasteiger partial charge in [-0.1, -0.05) is 0 Å². The quantitative estimate of drug-likeness (QED) is 0.372. The van der Waals surface area contributed by atoms with Gasteiger partial charge >= 0.3 is 0 Å². The molecule has 7 nitrogen and oxygen atoms in total. The van der Waals surface area contributed by atoms with Crippen molar-refractivity contribution in [3.8, 4) is 28.8 Å². The van der Waals surface area contributed by atoms with Gasteiger partial charge in [0.25, 0.3) is 0 Å². The number of aromatic amines is 1. The molecule has 0 aliphatic carbocycles. The summed E-state index contributed by atoms with van der Waals surface area (Å²) in [5.74, 6) is -3.94. The third kappa shape index (κ3) is 4.34. The van der Waals surface area contributed by atoms with Crippen molar-refractivity contribution in [1.82, 2.24) is 15.2 Å². The molecule has 0 saturated carbocycles. The van der Waals surface area contributed by atoms with Crippen LogP contribution >= 0.6 is 0 Å². The van der Waals surface area contributed by atoms with Gasteiger partial charge in [-0.25, -0.2) is 17.6 Å². The number of nitrogens with zero attached hydrogens (tertiary/aromatic N) is 2. The van der Waals surface area contributed by atoms with Crippen LogP contribution in [0.1, 0.15) is 0 Å². The lowest BCUT2D eigenvalue weighted by Gasteiger charge is -2.13. The lowest BCUT2D eigenvalue weighted by molar-refractivity contribution is 0.0525.